The molecule has 6 nitrogen and oxygen atoms in total. The van der Waals surface area contributed by atoms with Gasteiger partial charge in [0.2, 0.25) is 5.13 Å². The Balaban J connectivity index is 1.79. The van der Waals surface area contributed by atoms with E-state index in [2.05, 4.69) is 14.7 Å². The molecule has 3 rings (SSSR count). The minimum absolute atomic E-state index is 0.264. The number of methoxy groups -OCH3 is 1. The second-order valence-corrected chi connectivity index (χ2v) is 5.25. The quantitative estimate of drug-likeness (QED) is 0.798. The lowest BCUT2D eigenvalue weighted by Gasteiger charge is -2.01. The second kappa shape index (κ2) is 5.98. The highest BCUT2D eigenvalue weighted by atomic mass is 32.1. The van der Waals surface area contributed by atoms with Crippen molar-refractivity contribution in [1.29, 1.82) is 0 Å². The summed E-state index contributed by atoms with van der Waals surface area (Å²) in [7, 11) is 1.60. The highest BCUT2D eigenvalue weighted by Gasteiger charge is 2.14. The number of benzene rings is 1. The van der Waals surface area contributed by atoms with Crippen LogP contribution in [0.3, 0.4) is 0 Å². The lowest BCUT2D eigenvalue weighted by Crippen LogP contribution is -2.11. The van der Waals surface area contributed by atoms with Gasteiger partial charge < -0.3 is 9.15 Å². The molecule has 1 aromatic carbocycles. The van der Waals surface area contributed by atoms with Crippen molar-refractivity contribution in [3.05, 3.63) is 47.9 Å². The standard InChI is InChI=1S/C15H13N3O3S/c1-9-12(6-7-21-9)14(19)17-15-16-13(18-22-15)10-4-3-5-11(8-10)20-2/h3-8H,1-2H3,(H,16,17,18,19). The third-order valence-corrected chi connectivity index (χ3v) is 3.71. The van der Waals surface area contributed by atoms with E-state index in [1.54, 1.807) is 20.1 Å². The molecule has 0 fully saturated rings. The predicted molar refractivity (Wildman–Crippen MR) is 83.3 cm³/mol. The summed E-state index contributed by atoms with van der Waals surface area (Å²) in [4.78, 5) is 16.4. The summed E-state index contributed by atoms with van der Waals surface area (Å²) in [6, 6.07) is 9.06. The Kier molecular flexibility index (Phi) is 3.88. The first-order valence-corrected chi connectivity index (χ1v) is 7.28. The third-order valence-electron chi connectivity index (χ3n) is 3.08. The van der Waals surface area contributed by atoms with E-state index < -0.39 is 0 Å². The lowest BCUT2D eigenvalue weighted by atomic mass is 10.2. The Morgan fingerprint density at radius 3 is 2.95 bits per heavy atom. The Morgan fingerprint density at radius 2 is 2.23 bits per heavy atom. The van der Waals surface area contributed by atoms with E-state index >= 15 is 0 Å². The number of ether oxygens (including phenoxy) is 1. The number of nitrogens with one attached hydrogen (secondary N) is 1. The van der Waals surface area contributed by atoms with E-state index in [0.717, 1.165) is 22.8 Å². The summed E-state index contributed by atoms with van der Waals surface area (Å²) in [6.45, 7) is 1.73. The van der Waals surface area contributed by atoms with Gasteiger partial charge in [-0.2, -0.15) is 9.36 Å². The van der Waals surface area contributed by atoms with Crippen LogP contribution in [0.1, 0.15) is 16.1 Å². The van der Waals surface area contributed by atoms with Gasteiger partial charge in [-0.3, -0.25) is 10.1 Å². The molecule has 1 amide bonds. The Hall–Kier alpha value is -2.67. The number of aryl methyl sites for hydroxylation is 1. The maximum atomic E-state index is 12.1. The van der Waals surface area contributed by atoms with Gasteiger partial charge in [-0.25, -0.2) is 0 Å². The summed E-state index contributed by atoms with van der Waals surface area (Å²) in [6.07, 6.45) is 1.48. The molecule has 0 unspecified atom stereocenters. The van der Waals surface area contributed by atoms with Gasteiger partial charge in [0.15, 0.2) is 5.82 Å². The average Bonchev–Trinajstić information content (AvgIpc) is 3.16. The van der Waals surface area contributed by atoms with E-state index in [1.165, 1.54) is 6.26 Å². The molecule has 112 valence electrons. The zero-order valence-corrected chi connectivity index (χ0v) is 12.8. The van der Waals surface area contributed by atoms with E-state index in [-0.39, 0.29) is 5.91 Å². The molecule has 2 aromatic heterocycles. The fraction of sp³-hybridized carbons (Fsp3) is 0.133. The second-order valence-electron chi connectivity index (χ2n) is 4.50. The molecule has 3 aromatic rings. The molecule has 0 aliphatic carbocycles. The van der Waals surface area contributed by atoms with Gasteiger partial charge >= 0.3 is 0 Å². The maximum Gasteiger partial charge on any atom is 0.261 e. The van der Waals surface area contributed by atoms with Crippen LogP contribution in [0.5, 0.6) is 5.75 Å². The first kappa shape index (κ1) is 14.3. The molecule has 0 saturated carbocycles. The topological polar surface area (TPSA) is 77.2 Å². The first-order valence-electron chi connectivity index (χ1n) is 6.51. The number of anilines is 1. The van der Waals surface area contributed by atoms with Gasteiger partial charge in [0.25, 0.3) is 5.91 Å². The molecule has 0 bridgehead atoms. The molecule has 0 atom stereocenters. The number of aromatic nitrogens is 2. The van der Waals surface area contributed by atoms with Crippen molar-refractivity contribution in [2.75, 3.05) is 12.4 Å². The van der Waals surface area contributed by atoms with Crippen LogP contribution in [-0.4, -0.2) is 22.4 Å². The molecule has 0 radical (unpaired) electrons. The van der Waals surface area contributed by atoms with Crippen LogP contribution in [0.2, 0.25) is 0 Å². The van der Waals surface area contributed by atoms with Crippen LogP contribution < -0.4 is 10.1 Å². The number of nitrogens with zero attached hydrogens (tertiary/aromatic N) is 2. The molecule has 0 aliphatic heterocycles. The highest BCUT2D eigenvalue weighted by molar-refractivity contribution is 7.10. The number of carbonyl (C=O) groups is 1. The van der Waals surface area contributed by atoms with Crippen molar-refractivity contribution in [2.24, 2.45) is 0 Å². The monoisotopic (exact) mass is 315 g/mol. The van der Waals surface area contributed by atoms with E-state index in [4.69, 9.17) is 9.15 Å². The van der Waals surface area contributed by atoms with Crippen LogP contribution >= 0.6 is 11.5 Å². The molecule has 1 N–H and O–H groups in total. The van der Waals surface area contributed by atoms with Crippen LogP contribution in [0.15, 0.2) is 41.0 Å². The lowest BCUT2D eigenvalue weighted by molar-refractivity contribution is 0.102. The van der Waals surface area contributed by atoms with Gasteiger partial charge in [-0.1, -0.05) is 12.1 Å². The molecular weight excluding hydrogens is 302 g/mol. The number of amides is 1. The number of hydrogen-bond donors (Lipinski definition) is 1. The smallest absolute Gasteiger partial charge is 0.261 e. The summed E-state index contributed by atoms with van der Waals surface area (Å²) in [5.74, 6) is 1.57. The molecule has 7 heteroatoms. The van der Waals surface area contributed by atoms with Crippen LogP contribution in [-0.2, 0) is 0 Å². The number of carbonyl (C=O) groups excluding carboxylic acids is 1. The van der Waals surface area contributed by atoms with E-state index in [9.17, 15) is 4.79 Å². The maximum absolute atomic E-state index is 12.1. The Labute approximate surface area is 130 Å². The summed E-state index contributed by atoms with van der Waals surface area (Å²) in [5, 5.41) is 3.15. The summed E-state index contributed by atoms with van der Waals surface area (Å²) >= 11 is 1.12. The van der Waals surface area contributed by atoms with Gasteiger partial charge in [0, 0.05) is 17.1 Å². The zero-order chi connectivity index (χ0) is 15.5. The minimum Gasteiger partial charge on any atom is -0.497 e. The van der Waals surface area contributed by atoms with Gasteiger partial charge in [-0.15, -0.1) is 0 Å². The van der Waals surface area contributed by atoms with Crippen molar-refractivity contribution in [3.8, 4) is 17.1 Å². The fourth-order valence-corrected chi connectivity index (χ4v) is 2.52. The minimum atomic E-state index is -0.264. The number of hydrogen-bond acceptors (Lipinski definition) is 6. The normalized spacial score (nSPS) is 10.5. The summed E-state index contributed by atoms with van der Waals surface area (Å²) in [5.41, 5.74) is 1.31. The molecule has 0 spiro atoms. The third kappa shape index (κ3) is 2.84. The molecular formula is C15H13N3O3S. The highest BCUT2D eigenvalue weighted by Crippen LogP contribution is 2.25. The average molecular weight is 315 g/mol. The van der Waals surface area contributed by atoms with E-state index in [1.807, 2.05) is 24.3 Å². The van der Waals surface area contributed by atoms with Crippen LogP contribution in [0.25, 0.3) is 11.4 Å². The predicted octanol–water partition coefficient (Wildman–Crippen LogP) is 3.37. The fourth-order valence-electron chi connectivity index (χ4n) is 1.94. The zero-order valence-electron chi connectivity index (χ0n) is 12.0. The molecule has 2 heterocycles. The van der Waals surface area contributed by atoms with Crippen molar-refractivity contribution in [2.45, 2.75) is 6.92 Å². The van der Waals surface area contributed by atoms with E-state index in [0.29, 0.717) is 22.3 Å². The molecule has 0 saturated heterocycles. The van der Waals surface area contributed by atoms with Crippen molar-refractivity contribution in [3.63, 3.8) is 0 Å². The Morgan fingerprint density at radius 1 is 1.36 bits per heavy atom. The van der Waals surface area contributed by atoms with Gasteiger partial charge in [0.1, 0.15) is 11.5 Å². The first-order chi connectivity index (χ1) is 10.7. The molecule has 0 aliphatic rings. The number of rotatable bonds is 4. The van der Waals surface area contributed by atoms with Gasteiger partial charge in [0.05, 0.1) is 18.9 Å². The largest absolute Gasteiger partial charge is 0.497 e. The van der Waals surface area contributed by atoms with Crippen molar-refractivity contribution in [1.82, 2.24) is 9.36 Å². The SMILES string of the molecule is COc1cccc(-c2nsc(NC(=O)c3ccoc3C)n2)c1. The van der Waals surface area contributed by atoms with Crippen LogP contribution in [0, 0.1) is 6.92 Å². The number of furan rings is 1. The van der Waals surface area contributed by atoms with Gasteiger partial charge in [-0.05, 0) is 25.1 Å². The van der Waals surface area contributed by atoms with Crippen LogP contribution in [0.4, 0.5) is 5.13 Å². The Bertz CT molecular complexity index is 810. The van der Waals surface area contributed by atoms with Crippen molar-refractivity contribution >= 4 is 22.6 Å². The van der Waals surface area contributed by atoms with Crippen molar-refractivity contribution < 1.29 is 13.9 Å². The summed E-state index contributed by atoms with van der Waals surface area (Å²) < 4.78 is 14.5. The molecule has 22 heavy (non-hydrogen) atoms.